The fourth-order valence-corrected chi connectivity index (χ4v) is 3.95. The van der Waals surface area contributed by atoms with Gasteiger partial charge in [0.25, 0.3) is 0 Å². The zero-order valence-electron chi connectivity index (χ0n) is 11.3. The van der Waals surface area contributed by atoms with Crippen molar-refractivity contribution in [1.82, 2.24) is 4.90 Å². The second-order valence-corrected chi connectivity index (χ2v) is 8.19. The molecule has 17 heavy (non-hydrogen) atoms. The zero-order chi connectivity index (χ0) is 13.3. The molecule has 0 bridgehead atoms. The first-order valence-electron chi connectivity index (χ1n) is 6.24. The van der Waals surface area contributed by atoms with E-state index in [4.69, 9.17) is 0 Å². The van der Waals surface area contributed by atoms with E-state index >= 15 is 0 Å². The van der Waals surface area contributed by atoms with E-state index in [0.29, 0.717) is 0 Å². The third-order valence-electron chi connectivity index (χ3n) is 3.31. The molecule has 0 aromatic carbocycles. The lowest BCUT2D eigenvalue weighted by molar-refractivity contribution is -0.00540. The molecule has 1 heterocycles. The Morgan fingerprint density at radius 1 is 1.47 bits per heavy atom. The van der Waals surface area contributed by atoms with Crippen molar-refractivity contribution in [2.45, 2.75) is 45.3 Å². The van der Waals surface area contributed by atoms with E-state index in [-0.39, 0.29) is 17.7 Å². The molecule has 2 atom stereocenters. The molecular formula is C12H25NO3S. The maximum absolute atomic E-state index is 11.2. The van der Waals surface area contributed by atoms with Gasteiger partial charge in [0.2, 0.25) is 0 Å². The fourth-order valence-electron chi connectivity index (χ4n) is 2.81. The molecule has 0 aromatic rings. The molecule has 4 nitrogen and oxygen atoms in total. The normalized spacial score (nSPS) is 25.1. The highest BCUT2D eigenvalue weighted by molar-refractivity contribution is 7.90. The average molecular weight is 263 g/mol. The van der Waals surface area contributed by atoms with Crippen LogP contribution in [0.2, 0.25) is 0 Å². The lowest BCUT2D eigenvalue weighted by Crippen LogP contribution is -2.47. The largest absolute Gasteiger partial charge is 0.389 e. The van der Waals surface area contributed by atoms with Gasteiger partial charge >= 0.3 is 0 Å². The summed E-state index contributed by atoms with van der Waals surface area (Å²) in [6.45, 7) is 7.33. The molecule has 0 saturated carbocycles. The van der Waals surface area contributed by atoms with Crippen molar-refractivity contribution in [2.75, 3.05) is 25.1 Å². The van der Waals surface area contributed by atoms with Gasteiger partial charge < -0.3 is 5.11 Å². The molecule has 2 unspecified atom stereocenters. The first-order chi connectivity index (χ1) is 7.59. The van der Waals surface area contributed by atoms with Gasteiger partial charge in [-0.05, 0) is 39.2 Å². The molecule has 1 rings (SSSR count). The van der Waals surface area contributed by atoms with Crippen LogP contribution in [-0.2, 0) is 9.84 Å². The molecule has 102 valence electrons. The standard InChI is InChI=1S/C12H25NO3S/c1-10(9-17(4,15)16)8-13-7-5-6-11(13)12(2,3)14/h10-11,14H,5-9H2,1-4H3. The summed E-state index contributed by atoms with van der Waals surface area (Å²) in [5.41, 5.74) is -0.707. The van der Waals surface area contributed by atoms with Crippen LogP contribution < -0.4 is 0 Å². The van der Waals surface area contributed by atoms with E-state index in [1.54, 1.807) is 0 Å². The molecular weight excluding hydrogens is 238 g/mol. The molecule has 0 spiro atoms. The second-order valence-electron chi connectivity index (χ2n) is 6.00. The Hall–Kier alpha value is -0.130. The van der Waals surface area contributed by atoms with Crippen molar-refractivity contribution in [2.24, 2.45) is 5.92 Å². The average Bonchev–Trinajstić information content (AvgIpc) is 2.46. The summed E-state index contributed by atoms with van der Waals surface area (Å²) in [6.07, 6.45) is 3.36. The van der Waals surface area contributed by atoms with Gasteiger partial charge in [0.05, 0.1) is 11.4 Å². The Morgan fingerprint density at radius 2 is 2.06 bits per heavy atom. The Balaban J connectivity index is 2.56. The van der Waals surface area contributed by atoms with Crippen molar-refractivity contribution in [1.29, 1.82) is 0 Å². The molecule has 5 heteroatoms. The highest BCUT2D eigenvalue weighted by atomic mass is 32.2. The first-order valence-corrected chi connectivity index (χ1v) is 8.30. The van der Waals surface area contributed by atoms with Gasteiger partial charge in [-0.3, -0.25) is 4.90 Å². The van der Waals surface area contributed by atoms with E-state index in [9.17, 15) is 13.5 Å². The zero-order valence-corrected chi connectivity index (χ0v) is 12.1. The molecule has 0 aromatic heterocycles. The van der Waals surface area contributed by atoms with Crippen LogP contribution >= 0.6 is 0 Å². The van der Waals surface area contributed by atoms with Crippen LogP contribution in [0.3, 0.4) is 0 Å². The molecule has 0 aliphatic carbocycles. The third-order valence-corrected chi connectivity index (χ3v) is 4.49. The maximum atomic E-state index is 11.2. The van der Waals surface area contributed by atoms with Crippen LogP contribution in [0.5, 0.6) is 0 Å². The summed E-state index contributed by atoms with van der Waals surface area (Å²) in [5, 5.41) is 10.1. The summed E-state index contributed by atoms with van der Waals surface area (Å²) in [7, 11) is -2.91. The van der Waals surface area contributed by atoms with E-state index < -0.39 is 15.4 Å². The third kappa shape index (κ3) is 4.94. The topological polar surface area (TPSA) is 57.6 Å². The van der Waals surface area contributed by atoms with Gasteiger partial charge in [-0.15, -0.1) is 0 Å². The highest BCUT2D eigenvalue weighted by Gasteiger charge is 2.36. The lowest BCUT2D eigenvalue weighted by atomic mass is 9.96. The fraction of sp³-hybridized carbons (Fsp3) is 1.00. The Labute approximate surface area is 105 Å². The number of hydrogen-bond donors (Lipinski definition) is 1. The lowest BCUT2D eigenvalue weighted by Gasteiger charge is -2.35. The van der Waals surface area contributed by atoms with Crippen LogP contribution in [-0.4, -0.2) is 55.2 Å². The number of rotatable bonds is 5. The second kappa shape index (κ2) is 5.24. The number of nitrogens with zero attached hydrogens (tertiary/aromatic N) is 1. The monoisotopic (exact) mass is 263 g/mol. The quantitative estimate of drug-likeness (QED) is 0.801. The molecule has 1 saturated heterocycles. The van der Waals surface area contributed by atoms with Gasteiger partial charge in [-0.1, -0.05) is 6.92 Å². The summed E-state index contributed by atoms with van der Waals surface area (Å²) in [5.74, 6) is 0.343. The van der Waals surface area contributed by atoms with Crippen molar-refractivity contribution < 1.29 is 13.5 Å². The molecule has 1 fully saturated rings. The van der Waals surface area contributed by atoms with Gasteiger partial charge in [0.15, 0.2) is 0 Å². The van der Waals surface area contributed by atoms with Crippen LogP contribution in [0.25, 0.3) is 0 Å². The van der Waals surface area contributed by atoms with E-state index in [1.165, 1.54) is 6.26 Å². The SMILES string of the molecule is CC(CN1CCCC1C(C)(C)O)CS(C)(=O)=O. The number of sulfone groups is 1. The maximum Gasteiger partial charge on any atom is 0.147 e. The van der Waals surface area contributed by atoms with Crippen molar-refractivity contribution in [3.05, 3.63) is 0 Å². The minimum absolute atomic E-state index is 0.118. The number of likely N-dealkylation sites (tertiary alicyclic amines) is 1. The predicted molar refractivity (Wildman–Crippen MR) is 69.8 cm³/mol. The van der Waals surface area contributed by atoms with Gasteiger partial charge in [0.1, 0.15) is 9.84 Å². The van der Waals surface area contributed by atoms with Crippen molar-refractivity contribution in [3.63, 3.8) is 0 Å². The molecule has 1 N–H and O–H groups in total. The number of hydrogen-bond acceptors (Lipinski definition) is 4. The highest BCUT2D eigenvalue weighted by Crippen LogP contribution is 2.27. The van der Waals surface area contributed by atoms with Crippen LogP contribution in [0, 0.1) is 5.92 Å². The van der Waals surface area contributed by atoms with E-state index in [2.05, 4.69) is 4.90 Å². The van der Waals surface area contributed by atoms with Gasteiger partial charge in [-0.2, -0.15) is 0 Å². The van der Waals surface area contributed by atoms with Crippen LogP contribution in [0.1, 0.15) is 33.6 Å². The van der Waals surface area contributed by atoms with Gasteiger partial charge in [-0.25, -0.2) is 8.42 Å². The van der Waals surface area contributed by atoms with Crippen molar-refractivity contribution in [3.8, 4) is 0 Å². The molecule has 0 radical (unpaired) electrons. The Kier molecular flexibility index (Phi) is 4.60. The molecule has 1 aliphatic heterocycles. The smallest absolute Gasteiger partial charge is 0.147 e. The minimum atomic E-state index is -2.91. The molecule has 1 aliphatic rings. The Morgan fingerprint density at radius 3 is 2.53 bits per heavy atom. The minimum Gasteiger partial charge on any atom is -0.389 e. The number of aliphatic hydroxyl groups is 1. The van der Waals surface area contributed by atoms with Crippen molar-refractivity contribution >= 4 is 9.84 Å². The first kappa shape index (κ1) is 14.9. The summed E-state index contributed by atoms with van der Waals surface area (Å²) in [4.78, 5) is 2.23. The Bertz CT molecular complexity index is 345. The summed E-state index contributed by atoms with van der Waals surface area (Å²) in [6, 6.07) is 0.157. The van der Waals surface area contributed by atoms with E-state index in [0.717, 1.165) is 25.9 Å². The van der Waals surface area contributed by atoms with Crippen LogP contribution in [0.4, 0.5) is 0 Å². The summed E-state index contributed by atoms with van der Waals surface area (Å²) >= 11 is 0. The van der Waals surface area contributed by atoms with Gasteiger partial charge in [0, 0.05) is 18.8 Å². The molecule has 0 amide bonds. The summed E-state index contributed by atoms with van der Waals surface area (Å²) < 4.78 is 22.5. The predicted octanol–water partition coefficient (Wildman–Crippen LogP) is 0.902. The van der Waals surface area contributed by atoms with E-state index in [1.807, 2.05) is 20.8 Å². The van der Waals surface area contributed by atoms with Crippen LogP contribution in [0.15, 0.2) is 0 Å².